The molecule has 1 aliphatic heterocycles. The van der Waals surface area contributed by atoms with Crippen LogP contribution in [0.3, 0.4) is 0 Å². The standard InChI is InChI=1S/C15H19N3OS2/c1-18(13-10-20-7-8-21-11-13)9-14-16-17-15(19-14)12-5-3-2-4-6-12/h2-6,13H,7-11H2,1H3. The summed E-state index contributed by atoms with van der Waals surface area (Å²) in [6.07, 6.45) is 0. The first kappa shape index (κ1) is 14.9. The minimum atomic E-state index is 0.578. The van der Waals surface area contributed by atoms with Crippen molar-refractivity contribution in [1.29, 1.82) is 0 Å². The zero-order chi connectivity index (χ0) is 14.5. The van der Waals surface area contributed by atoms with E-state index in [1.54, 1.807) is 0 Å². The lowest BCUT2D eigenvalue weighted by atomic mass is 10.2. The van der Waals surface area contributed by atoms with Gasteiger partial charge in [0, 0.05) is 34.6 Å². The molecule has 0 aliphatic carbocycles. The fourth-order valence-corrected chi connectivity index (χ4v) is 4.93. The number of rotatable bonds is 4. The summed E-state index contributed by atoms with van der Waals surface area (Å²) in [5.74, 6) is 6.17. The summed E-state index contributed by atoms with van der Waals surface area (Å²) in [5, 5.41) is 8.33. The number of benzene rings is 1. The molecule has 1 aromatic heterocycles. The molecule has 1 saturated heterocycles. The Balaban J connectivity index is 1.64. The molecule has 3 rings (SSSR count). The van der Waals surface area contributed by atoms with E-state index in [0.717, 1.165) is 5.56 Å². The molecule has 0 saturated carbocycles. The van der Waals surface area contributed by atoms with Crippen molar-refractivity contribution in [2.75, 3.05) is 30.1 Å². The summed E-state index contributed by atoms with van der Waals surface area (Å²) < 4.78 is 5.78. The number of nitrogens with zero attached hydrogens (tertiary/aromatic N) is 3. The molecule has 2 heterocycles. The second kappa shape index (κ2) is 7.33. The second-order valence-electron chi connectivity index (χ2n) is 5.09. The molecule has 0 atom stereocenters. The van der Waals surface area contributed by atoms with Crippen LogP contribution in [0.2, 0.25) is 0 Å². The maximum atomic E-state index is 5.78. The maximum absolute atomic E-state index is 5.78. The van der Waals surface area contributed by atoms with Crippen molar-refractivity contribution < 1.29 is 4.42 Å². The van der Waals surface area contributed by atoms with Crippen LogP contribution in [0, 0.1) is 0 Å². The minimum absolute atomic E-state index is 0.578. The molecule has 112 valence electrons. The monoisotopic (exact) mass is 321 g/mol. The highest BCUT2D eigenvalue weighted by molar-refractivity contribution is 8.03. The highest BCUT2D eigenvalue weighted by Gasteiger charge is 2.19. The average Bonchev–Trinajstić information content (AvgIpc) is 2.81. The first-order valence-electron chi connectivity index (χ1n) is 7.06. The van der Waals surface area contributed by atoms with Gasteiger partial charge in [0.15, 0.2) is 0 Å². The van der Waals surface area contributed by atoms with E-state index in [-0.39, 0.29) is 0 Å². The summed E-state index contributed by atoms with van der Waals surface area (Å²) >= 11 is 4.07. The molecule has 2 aromatic rings. The Hall–Kier alpha value is -0.980. The Morgan fingerprint density at radius 1 is 1.14 bits per heavy atom. The van der Waals surface area contributed by atoms with Crippen LogP contribution in [0.4, 0.5) is 0 Å². The Bertz CT molecular complexity index is 553. The third-order valence-electron chi connectivity index (χ3n) is 3.49. The number of hydrogen-bond acceptors (Lipinski definition) is 6. The molecule has 21 heavy (non-hydrogen) atoms. The summed E-state index contributed by atoms with van der Waals surface area (Å²) in [5.41, 5.74) is 0.972. The molecular formula is C15H19N3OS2. The fraction of sp³-hybridized carbons (Fsp3) is 0.467. The van der Waals surface area contributed by atoms with Gasteiger partial charge in [-0.05, 0) is 19.2 Å². The van der Waals surface area contributed by atoms with Crippen LogP contribution in [0.5, 0.6) is 0 Å². The van der Waals surface area contributed by atoms with Crippen LogP contribution in [-0.4, -0.2) is 51.2 Å². The predicted octanol–water partition coefficient (Wildman–Crippen LogP) is 3.02. The lowest BCUT2D eigenvalue weighted by Gasteiger charge is -2.24. The molecule has 6 heteroatoms. The lowest BCUT2D eigenvalue weighted by Crippen LogP contribution is -2.35. The lowest BCUT2D eigenvalue weighted by molar-refractivity contribution is 0.246. The van der Waals surface area contributed by atoms with Crippen molar-refractivity contribution in [3.8, 4) is 11.5 Å². The third kappa shape index (κ3) is 4.02. The highest BCUT2D eigenvalue weighted by Crippen LogP contribution is 2.22. The molecule has 1 aliphatic rings. The average molecular weight is 321 g/mol. The van der Waals surface area contributed by atoms with Crippen molar-refractivity contribution in [3.05, 3.63) is 36.2 Å². The van der Waals surface area contributed by atoms with Gasteiger partial charge in [-0.15, -0.1) is 10.2 Å². The fourth-order valence-electron chi connectivity index (χ4n) is 2.22. The molecule has 1 aromatic carbocycles. The van der Waals surface area contributed by atoms with Crippen molar-refractivity contribution in [2.24, 2.45) is 0 Å². The molecule has 0 bridgehead atoms. The van der Waals surface area contributed by atoms with Gasteiger partial charge >= 0.3 is 0 Å². The normalized spacial score (nSPS) is 17.0. The van der Waals surface area contributed by atoms with Crippen LogP contribution < -0.4 is 0 Å². The zero-order valence-electron chi connectivity index (χ0n) is 12.1. The predicted molar refractivity (Wildman–Crippen MR) is 89.6 cm³/mol. The van der Waals surface area contributed by atoms with Gasteiger partial charge in [0.25, 0.3) is 0 Å². The Kier molecular flexibility index (Phi) is 5.22. The van der Waals surface area contributed by atoms with Crippen molar-refractivity contribution in [2.45, 2.75) is 12.6 Å². The SMILES string of the molecule is CN(Cc1nnc(-c2ccccc2)o1)C1CSCCSC1. The van der Waals surface area contributed by atoms with Gasteiger partial charge in [0.2, 0.25) is 11.8 Å². The van der Waals surface area contributed by atoms with E-state index >= 15 is 0 Å². The highest BCUT2D eigenvalue weighted by atomic mass is 32.2. The number of aromatic nitrogens is 2. The van der Waals surface area contributed by atoms with E-state index in [1.807, 2.05) is 53.9 Å². The number of thioether (sulfide) groups is 2. The molecule has 0 radical (unpaired) electrons. The van der Waals surface area contributed by atoms with E-state index in [9.17, 15) is 0 Å². The second-order valence-corrected chi connectivity index (χ2v) is 7.39. The smallest absolute Gasteiger partial charge is 0.247 e. The quantitative estimate of drug-likeness (QED) is 0.862. The van der Waals surface area contributed by atoms with E-state index < -0.39 is 0 Å². The van der Waals surface area contributed by atoms with Crippen LogP contribution in [-0.2, 0) is 6.54 Å². The van der Waals surface area contributed by atoms with Crippen molar-refractivity contribution in [3.63, 3.8) is 0 Å². The van der Waals surface area contributed by atoms with E-state index in [2.05, 4.69) is 22.1 Å². The number of hydrogen-bond donors (Lipinski definition) is 0. The van der Waals surface area contributed by atoms with Crippen molar-refractivity contribution >= 4 is 23.5 Å². The van der Waals surface area contributed by atoms with Crippen LogP contribution >= 0.6 is 23.5 Å². The molecule has 4 nitrogen and oxygen atoms in total. The molecule has 0 spiro atoms. The molecule has 0 N–H and O–H groups in total. The van der Waals surface area contributed by atoms with Crippen LogP contribution in [0.15, 0.2) is 34.7 Å². The van der Waals surface area contributed by atoms with Gasteiger partial charge in [-0.1, -0.05) is 18.2 Å². The van der Waals surface area contributed by atoms with Gasteiger partial charge in [0.05, 0.1) is 6.54 Å². The van der Waals surface area contributed by atoms with Crippen LogP contribution in [0.25, 0.3) is 11.5 Å². The van der Waals surface area contributed by atoms with Crippen molar-refractivity contribution in [1.82, 2.24) is 15.1 Å². The molecule has 0 amide bonds. The van der Waals surface area contributed by atoms with Gasteiger partial charge in [-0.3, -0.25) is 4.90 Å². The van der Waals surface area contributed by atoms with Gasteiger partial charge in [0.1, 0.15) is 0 Å². The summed E-state index contributed by atoms with van der Waals surface area (Å²) in [6, 6.07) is 10.5. The van der Waals surface area contributed by atoms with Crippen LogP contribution in [0.1, 0.15) is 5.89 Å². The third-order valence-corrected chi connectivity index (χ3v) is 5.97. The summed E-state index contributed by atoms with van der Waals surface area (Å²) in [7, 11) is 2.14. The largest absolute Gasteiger partial charge is 0.419 e. The molecule has 1 fully saturated rings. The van der Waals surface area contributed by atoms with E-state index in [0.29, 0.717) is 24.4 Å². The van der Waals surface area contributed by atoms with E-state index in [1.165, 1.54) is 23.0 Å². The topological polar surface area (TPSA) is 42.2 Å². The van der Waals surface area contributed by atoms with Gasteiger partial charge in [-0.2, -0.15) is 23.5 Å². The Labute approximate surface area is 133 Å². The summed E-state index contributed by atoms with van der Waals surface area (Å²) in [4.78, 5) is 2.33. The van der Waals surface area contributed by atoms with E-state index in [4.69, 9.17) is 4.42 Å². The first-order chi connectivity index (χ1) is 10.3. The van der Waals surface area contributed by atoms with Gasteiger partial charge < -0.3 is 4.42 Å². The molecule has 0 unspecified atom stereocenters. The van der Waals surface area contributed by atoms with Gasteiger partial charge in [-0.25, -0.2) is 0 Å². The molecular weight excluding hydrogens is 302 g/mol. The Morgan fingerprint density at radius 3 is 2.57 bits per heavy atom. The first-order valence-corrected chi connectivity index (χ1v) is 9.37. The minimum Gasteiger partial charge on any atom is -0.419 e. The summed E-state index contributed by atoms with van der Waals surface area (Å²) in [6.45, 7) is 0.714. The zero-order valence-corrected chi connectivity index (χ0v) is 13.7. The maximum Gasteiger partial charge on any atom is 0.247 e. The Morgan fingerprint density at radius 2 is 1.86 bits per heavy atom.